The normalized spacial score (nSPS) is 21.2. The number of aliphatic hydroxyl groups excluding tert-OH is 1. The minimum Gasteiger partial charge on any atom is -0.389 e. The number of piperidine rings is 1. The molecule has 0 aliphatic carbocycles. The van der Waals surface area contributed by atoms with Gasteiger partial charge in [0.1, 0.15) is 6.61 Å². The van der Waals surface area contributed by atoms with Gasteiger partial charge in [-0.15, -0.1) is 15.8 Å². The van der Waals surface area contributed by atoms with Crippen LogP contribution in [0.15, 0.2) is 12.7 Å². The molecular formula is C11H20NO2P. The van der Waals surface area contributed by atoms with Crippen molar-refractivity contribution in [2.24, 2.45) is 0 Å². The molecule has 1 heterocycles. The summed E-state index contributed by atoms with van der Waals surface area (Å²) in [4.78, 5) is 13.5. The van der Waals surface area contributed by atoms with Gasteiger partial charge in [-0.3, -0.25) is 9.69 Å². The van der Waals surface area contributed by atoms with Gasteiger partial charge < -0.3 is 5.11 Å². The Kier molecular flexibility index (Phi) is 4.91. The quantitative estimate of drug-likeness (QED) is 0.561. The van der Waals surface area contributed by atoms with Gasteiger partial charge in [0.05, 0.1) is 0 Å². The summed E-state index contributed by atoms with van der Waals surface area (Å²) in [5.74, 6) is -0.0535. The summed E-state index contributed by atoms with van der Waals surface area (Å²) in [6, 6.07) is 0. The zero-order valence-electron chi connectivity index (χ0n) is 9.11. The molecule has 0 saturated carbocycles. The molecular weight excluding hydrogens is 209 g/mol. The number of nitrogens with zero attached hydrogens (tertiary/aromatic N) is 1. The van der Waals surface area contributed by atoms with Gasteiger partial charge in [-0.05, 0) is 31.1 Å². The van der Waals surface area contributed by atoms with Crippen LogP contribution in [0.4, 0.5) is 0 Å². The van der Waals surface area contributed by atoms with Crippen LogP contribution in [0.25, 0.3) is 0 Å². The molecule has 0 amide bonds. The van der Waals surface area contributed by atoms with Gasteiger partial charge in [-0.25, -0.2) is 0 Å². The van der Waals surface area contributed by atoms with Crippen LogP contribution < -0.4 is 0 Å². The third-order valence-electron chi connectivity index (χ3n) is 2.96. The highest BCUT2D eigenvalue weighted by Gasteiger charge is 2.31. The third-order valence-corrected chi connectivity index (χ3v) is 3.75. The lowest BCUT2D eigenvalue weighted by Crippen LogP contribution is -2.42. The fourth-order valence-electron chi connectivity index (χ4n) is 1.99. The number of carbonyl (C=O) groups is 1. The number of hydrogen-bond acceptors (Lipinski definition) is 3. The topological polar surface area (TPSA) is 40.5 Å². The number of rotatable bonds is 5. The Morgan fingerprint density at radius 1 is 1.53 bits per heavy atom. The van der Waals surface area contributed by atoms with Crippen molar-refractivity contribution in [2.45, 2.75) is 24.4 Å². The van der Waals surface area contributed by atoms with Crippen molar-refractivity contribution in [3.63, 3.8) is 0 Å². The Morgan fingerprint density at radius 2 is 2.13 bits per heavy atom. The van der Waals surface area contributed by atoms with Crippen LogP contribution in [0.5, 0.6) is 0 Å². The Hall–Kier alpha value is -0.240. The number of aliphatic hydroxyl groups is 1. The van der Waals surface area contributed by atoms with Crippen LogP contribution in [0, 0.1) is 0 Å². The van der Waals surface area contributed by atoms with Crippen LogP contribution in [0.2, 0.25) is 0 Å². The number of Topliss-reactive ketones (excluding diaryl/α,β-unsaturated/α-hetero) is 1. The lowest BCUT2D eigenvalue weighted by Gasteiger charge is -2.38. The molecule has 4 heteroatoms. The summed E-state index contributed by atoms with van der Waals surface area (Å²) in [7, 11) is 2.81. The first-order valence-electron chi connectivity index (χ1n) is 5.34. The zero-order chi connectivity index (χ0) is 11.3. The highest BCUT2D eigenvalue weighted by Crippen LogP contribution is 2.34. The molecule has 1 aliphatic rings. The van der Waals surface area contributed by atoms with E-state index in [2.05, 4.69) is 20.7 Å². The monoisotopic (exact) mass is 229 g/mol. The van der Waals surface area contributed by atoms with Gasteiger partial charge in [-0.1, -0.05) is 6.08 Å². The molecule has 3 nitrogen and oxygen atoms in total. The van der Waals surface area contributed by atoms with Crippen LogP contribution in [0.3, 0.4) is 0 Å². The van der Waals surface area contributed by atoms with E-state index in [4.69, 9.17) is 5.11 Å². The standard InChI is InChI=1S/C11H20NO2P/c1-2-5-12-6-3-11(15,4-7-12)8-10(14)9-13/h2,13H,1,3-9,15H2. The summed E-state index contributed by atoms with van der Waals surface area (Å²) in [5, 5.41) is 8.74. The minimum absolute atomic E-state index is 0.0114. The van der Waals surface area contributed by atoms with E-state index in [-0.39, 0.29) is 17.5 Å². The van der Waals surface area contributed by atoms with Crippen LogP contribution in [-0.2, 0) is 4.79 Å². The summed E-state index contributed by atoms with van der Waals surface area (Å²) in [5.41, 5.74) is 0. The Bertz CT molecular complexity index is 235. The van der Waals surface area contributed by atoms with E-state index >= 15 is 0 Å². The second kappa shape index (κ2) is 5.74. The first kappa shape index (κ1) is 12.8. The molecule has 0 aromatic rings. The number of hydrogen-bond donors (Lipinski definition) is 1. The van der Waals surface area contributed by atoms with Gasteiger partial charge in [0.2, 0.25) is 0 Å². The zero-order valence-corrected chi connectivity index (χ0v) is 10.3. The Balaban J connectivity index is 2.40. The van der Waals surface area contributed by atoms with E-state index < -0.39 is 0 Å². The molecule has 1 saturated heterocycles. The van der Waals surface area contributed by atoms with Crippen LogP contribution in [-0.4, -0.2) is 47.2 Å². The molecule has 1 atom stereocenters. The van der Waals surface area contributed by atoms with E-state index in [1.807, 2.05) is 6.08 Å². The maximum Gasteiger partial charge on any atom is 0.159 e. The number of ketones is 1. The predicted octanol–water partition coefficient (Wildman–Crippen LogP) is 0.834. The van der Waals surface area contributed by atoms with Gasteiger partial charge in [0.15, 0.2) is 5.78 Å². The summed E-state index contributed by atoms with van der Waals surface area (Å²) in [6.45, 7) is 6.33. The Labute approximate surface area is 93.7 Å². The minimum atomic E-state index is -0.327. The maximum atomic E-state index is 11.2. The molecule has 0 aromatic heterocycles. The van der Waals surface area contributed by atoms with Crippen molar-refractivity contribution in [1.29, 1.82) is 0 Å². The van der Waals surface area contributed by atoms with Crippen molar-refractivity contribution in [3.8, 4) is 0 Å². The molecule has 1 rings (SSSR count). The van der Waals surface area contributed by atoms with Crippen LogP contribution in [0.1, 0.15) is 19.3 Å². The van der Waals surface area contributed by atoms with E-state index in [1.54, 1.807) is 0 Å². The lowest BCUT2D eigenvalue weighted by molar-refractivity contribution is -0.122. The molecule has 0 aromatic carbocycles. The second-order valence-electron chi connectivity index (χ2n) is 4.33. The molecule has 0 bridgehead atoms. The fourth-order valence-corrected chi connectivity index (χ4v) is 2.47. The Morgan fingerprint density at radius 3 is 2.60 bits per heavy atom. The third kappa shape index (κ3) is 4.02. The lowest BCUT2D eigenvalue weighted by atomic mass is 9.90. The summed E-state index contributed by atoms with van der Waals surface area (Å²) < 4.78 is 0. The second-order valence-corrected chi connectivity index (χ2v) is 5.55. The molecule has 1 fully saturated rings. The predicted molar refractivity (Wildman–Crippen MR) is 65.0 cm³/mol. The van der Waals surface area contributed by atoms with Gasteiger partial charge in [0, 0.05) is 13.0 Å². The maximum absolute atomic E-state index is 11.2. The van der Waals surface area contributed by atoms with Crippen molar-refractivity contribution >= 4 is 15.0 Å². The van der Waals surface area contributed by atoms with Gasteiger partial charge in [0.25, 0.3) is 0 Å². The summed E-state index contributed by atoms with van der Waals surface area (Å²) in [6.07, 6.45) is 4.39. The molecule has 0 radical (unpaired) electrons. The summed E-state index contributed by atoms with van der Waals surface area (Å²) >= 11 is 0. The molecule has 86 valence electrons. The molecule has 0 spiro atoms. The largest absolute Gasteiger partial charge is 0.389 e. The molecule has 1 aliphatic heterocycles. The first-order chi connectivity index (χ1) is 7.09. The average molecular weight is 229 g/mol. The number of likely N-dealkylation sites (tertiary alicyclic amines) is 1. The highest BCUT2D eigenvalue weighted by atomic mass is 31.0. The smallest absolute Gasteiger partial charge is 0.159 e. The van der Waals surface area contributed by atoms with Crippen molar-refractivity contribution in [1.82, 2.24) is 4.90 Å². The van der Waals surface area contributed by atoms with Gasteiger partial charge >= 0.3 is 0 Å². The fraction of sp³-hybridized carbons (Fsp3) is 0.727. The number of carbonyl (C=O) groups excluding carboxylic acids is 1. The van der Waals surface area contributed by atoms with E-state index in [1.165, 1.54) is 0 Å². The van der Waals surface area contributed by atoms with E-state index in [0.717, 1.165) is 32.5 Å². The van der Waals surface area contributed by atoms with Crippen molar-refractivity contribution < 1.29 is 9.90 Å². The van der Waals surface area contributed by atoms with Crippen LogP contribution >= 0.6 is 9.24 Å². The average Bonchev–Trinajstić information content (AvgIpc) is 2.22. The molecule has 1 N–H and O–H groups in total. The SMILES string of the molecule is C=CCN1CCC(P)(CC(=O)CO)CC1. The van der Waals surface area contributed by atoms with Gasteiger partial charge in [-0.2, -0.15) is 0 Å². The molecule has 1 unspecified atom stereocenters. The van der Waals surface area contributed by atoms with E-state index in [0.29, 0.717) is 6.42 Å². The molecule has 15 heavy (non-hydrogen) atoms. The van der Waals surface area contributed by atoms with E-state index in [9.17, 15) is 4.79 Å². The van der Waals surface area contributed by atoms with Crippen molar-refractivity contribution in [2.75, 3.05) is 26.2 Å². The van der Waals surface area contributed by atoms with Crippen molar-refractivity contribution in [3.05, 3.63) is 12.7 Å². The first-order valence-corrected chi connectivity index (χ1v) is 5.92. The highest BCUT2D eigenvalue weighted by molar-refractivity contribution is 7.19.